The van der Waals surface area contributed by atoms with E-state index >= 15 is 0 Å². The van der Waals surface area contributed by atoms with Crippen LogP contribution in [0.1, 0.15) is 62.0 Å². The summed E-state index contributed by atoms with van der Waals surface area (Å²) in [6.07, 6.45) is 7.72. The second kappa shape index (κ2) is 10.5. The predicted octanol–water partition coefficient (Wildman–Crippen LogP) is 4.07. The zero-order chi connectivity index (χ0) is 22.4. The van der Waals surface area contributed by atoms with Crippen molar-refractivity contribution >= 4 is 15.9 Å². The SMILES string of the molecule is CCN(CC)S(=O)(=O)c1cc(C(=O)N2CCCC[C@@H]2CCCc2ccccc2)n(C)c1. The van der Waals surface area contributed by atoms with Crippen LogP contribution in [0.25, 0.3) is 0 Å². The highest BCUT2D eigenvalue weighted by atomic mass is 32.2. The van der Waals surface area contributed by atoms with E-state index in [2.05, 4.69) is 24.3 Å². The molecule has 0 N–H and O–H groups in total. The number of piperidine rings is 1. The lowest BCUT2D eigenvalue weighted by Crippen LogP contribution is -2.44. The number of rotatable bonds is 9. The Morgan fingerprint density at radius 3 is 2.52 bits per heavy atom. The molecule has 1 atom stereocenters. The summed E-state index contributed by atoms with van der Waals surface area (Å²) in [5.74, 6) is -0.0621. The molecule has 2 heterocycles. The van der Waals surface area contributed by atoms with E-state index in [0.29, 0.717) is 18.8 Å². The highest BCUT2D eigenvalue weighted by molar-refractivity contribution is 7.89. The van der Waals surface area contributed by atoms with Crippen LogP contribution in [0.5, 0.6) is 0 Å². The Bertz CT molecular complexity index is 965. The largest absolute Gasteiger partial charge is 0.345 e. The van der Waals surface area contributed by atoms with Gasteiger partial charge in [0.15, 0.2) is 0 Å². The number of aryl methyl sites for hydroxylation is 2. The molecule has 0 unspecified atom stereocenters. The normalized spacial score (nSPS) is 17.3. The fourth-order valence-electron chi connectivity index (χ4n) is 4.50. The Morgan fingerprint density at radius 1 is 1.13 bits per heavy atom. The van der Waals surface area contributed by atoms with Crippen LogP contribution in [0.15, 0.2) is 47.5 Å². The molecule has 1 aromatic heterocycles. The number of nitrogens with zero attached hydrogens (tertiary/aromatic N) is 3. The monoisotopic (exact) mass is 445 g/mol. The standard InChI is InChI=1S/C24H35N3O3S/c1-4-26(5-2)31(29,30)22-18-23(25(3)19-22)24(28)27-17-10-9-15-21(27)16-11-14-20-12-7-6-8-13-20/h6-8,12-13,18-19,21H,4-5,9-11,14-17H2,1-3H3/t21-/m1/s1. The minimum Gasteiger partial charge on any atom is -0.345 e. The van der Waals surface area contributed by atoms with Gasteiger partial charge < -0.3 is 9.47 Å². The van der Waals surface area contributed by atoms with Gasteiger partial charge in [0.1, 0.15) is 10.6 Å². The van der Waals surface area contributed by atoms with Gasteiger partial charge in [0.25, 0.3) is 5.91 Å². The molecule has 3 rings (SSSR count). The van der Waals surface area contributed by atoms with E-state index < -0.39 is 10.0 Å². The summed E-state index contributed by atoms with van der Waals surface area (Å²) >= 11 is 0. The number of sulfonamides is 1. The van der Waals surface area contributed by atoms with Crippen LogP contribution in [0.3, 0.4) is 0 Å². The third-order valence-electron chi connectivity index (χ3n) is 6.28. The first kappa shape index (κ1) is 23.5. The van der Waals surface area contributed by atoms with Crippen molar-refractivity contribution in [1.82, 2.24) is 13.8 Å². The van der Waals surface area contributed by atoms with Crippen molar-refractivity contribution in [2.75, 3.05) is 19.6 Å². The summed E-state index contributed by atoms with van der Waals surface area (Å²) in [6.45, 7) is 5.20. The van der Waals surface area contributed by atoms with E-state index in [1.807, 2.05) is 24.8 Å². The summed E-state index contributed by atoms with van der Waals surface area (Å²) in [5, 5.41) is 0. The van der Waals surface area contributed by atoms with Gasteiger partial charge in [0.2, 0.25) is 10.0 Å². The average Bonchev–Trinajstić information content (AvgIpc) is 3.17. The molecule has 2 aromatic rings. The number of carbonyl (C=O) groups excluding carboxylic acids is 1. The molecule has 0 radical (unpaired) electrons. The average molecular weight is 446 g/mol. The molecule has 31 heavy (non-hydrogen) atoms. The van der Waals surface area contributed by atoms with Crippen LogP contribution in [0, 0.1) is 0 Å². The molecule has 1 aliphatic rings. The number of benzene rings is 1. The van der Waals surface area contributed by atoms with Gasteiger partial charge in [-0.2, -0.15) is 4.31 Å². The lowest BCUT2D eigenvalue weighted by Gasteiger charge is -2.36. The minimum atomic E-state index is -3.58. The van der Waals surface area contributed by atoms with Gasteiger partial charge in [-0.05, 0) is 50.2 Å². The maximum Gasteiger partial charge on any atom is 0.270 e. The van der Waals surface area contributed by atoms with Crippen LogP contribution in [0.2, 0.25) is 0 Å². The molecule has 0 bridgehead atoms. The fourth-order valence-corrected chi connectivity index (χ4v) is 6.03. The Kier molecular flexibility index (Phi) is 7.94. The summed E-state index contributed by atoms with van der Waals surface area (Å²) < 4.78 is 28.9. The highest BCUT2D eigenvalue weighted by Crippen LogP contribution is 2.26. The van der Waals surface area contributed by atoms with Crippen LogP contribution in [-0.4, -0.2) is 53.8 Å². The van der Waals surface area contributed by atoms with Gasteiger partial charge in [-0.25, -0.2) is 8.42 Å². The lowest BCUT2D eigenvalue weighted by molar-refractivity contribution is 0.0589. The number of aromatic nitrogens is 1. The van der Waals surface area contributed by atoms with Crippen LogP contribution < -0.4 is 0 Å². The molecule has 6 nitrogen and oxygen atoms in total. The maximum absolute atomic E-state index is 13.4. The van der Waals surface area contributed by atoms with E-state index in [0.717, 1.165) is 45.1 Å². The fraction of sp³-hybridized carbons (Fsp3) is 0.542. The molecule has 1 aromatic carbocycles. The summed E-state index contributed by atoms with van der Waals surface area (Å²) in [5.41, 5.74) is 1.77. The zero-order valence-electron chi connectivity index (χ0n) is 19.0. The minimum absolute atomic E-state index is 0.0621. The second-order valence-corrected chi connectivity index (χ2v) is 10.2. The smallest absolute Gasteiger partial charge is 0.270 e. The summed E-state index contributed by atoms with van der Waals surface area (Å²) in [6, 6.07) is 12.2. The molecule has 7 heteroatoms. The van der Waals surface area contributed by atoms with Crippen molar-refractivity contribution in [2.45, 2.75) is 63.3 Å². The quantitative estimate of drug-likeness (QED) is 0.584. The Balaban J connectivity index is 1.73. The predicted molar refractivity (Wildman–Crippen MR) is 124 cm³/mol. The van der Waals surface area contributed by atoms with Crippen molar-refractivity contribution in [3.63, 3.8) is 0 Å². The molecule has 170 valence electrons. The second-order valence-electron chi connectivity index (χ2n) is 8.29. The first-order valence-corrected chi connectivity index (χ1v) is 12.8. The summed E-state index contributed by atoms with van der Waals surface area (Å²) in [4.78, 5) is 15.6. The Hall–Kier alpha value is -2.12. The van der Waals surface area contributed by atoms with Gasteiger partial charge in [-0.3, -0.25) is 4.79 Å². The zero-order valence-corrected chi connectivity index (χ0v) is 19.8. The van der Waals surface area contributed by atoms with Gasteiger partial charge in [-0.1, -0.05) is 44.2 Å². The highest BCUT2D eigenvalue weighted by Gasteiger charge is 2.31. The topological polar surface area (TPSA) is 62.6 Å². The number of amides is 1. The lowest BCUT2D eigenvalue weighted by atomic mass is 9.95. The van der Waals surface area contributed by atoms with Crippen LogP contribution in [-0.2, 0) is 23.5 Å². The molecule has 1 saturated heterocycles. The summed E-state index contributed by atoms with van der Waals surface area (Å²) in [7, 11) is -1.83. The van der Waals surface area contributed by atoms with Gasteiger partial charge in [0.05, 0.1) is 0 Å². The van der Waals surface area contributed by atoms with Crippen molar-refractivity contribution in [2.24, 2.45) is 7.05 Å². The molecule has 1 amide bonds. The number of hydrogen-bond donors (Lipinski definition) is 0. The Morgan fingerprint density at radius 2 is 1.84 bits per heavy atom. The maximum atomic E-state index is 13.4. The van der Waals surface area contributed by atoms with Gasteiger partial charge in [0, 0.05) is 38.9 Å². The Labute approximate surface area is 186 Å². The van der Waals surface area contributed by atoms with Gasteiger partial charge in [-0.15, -0.1) is 0 Å². The number of hydrogen-bond acceptors (Lipinski definition) is 3. The third-order valence-corrected chi connectivity index (χ3v) is 8.29. The molecule has 0 saturated carbocycles. The third kappa shape index (κ3) is 5.39. The molecule has 0 spiro atoms. The van der Waals surface area contributed by atoms with E-state index in [-0.39, 0.29) is 16.8 Å². The molecule has 1 aliphatic heterocycles. The first-order valence-electron chi connectivity index (χ1n) is 11.4. The molecule has 1 fully saturated rings. The molecule has 0 aliphatic carbocycles. The van der Waals surface area contributed by atoms with Crippen molar-refractivity contribution in [1.29, 1.82) is 0 Å². The number of likely N-dealkylation sites (tertiary alicyclic amines) is 1. The van der Waals surface area contributed by atoms with E-state index in [1.54, 1.807) is 23.9 Å². The molecular weight excluding hydrogens is 410 g/mol. The van der Waals surface area contributed by atoms with Crippen molar-refractivity contribution < 1.29 is 13.2 Å². The van der Waals surface area contributed by atoms with Crippen molar-refractivity contribution in [3.8, 4) is 0 Å². The van der Waals surface area contributed by atoms with E-state index in [9.17, 15) is 13.2 Å². The van der Waals surface area contributed by atoms with E-state index in [4.69, 9.17) is 0 Å². The van der Waals surface area contributed by atoms with Gasteiger partial charge >= 0.3 is 0 Å². The van der Waals surface area contributed by atoms with Crippen molar-refractivity contribution in [3.05, 3.63) is 53.9 Å². The van der Waals surface area contributed by atoms with Crippen LogP contribution in [0.4, 0.5) is 0 Å². The van der Waals surface area contributed by atoms with Crippen LogP contribution >= 0.6 is 0 Å². The molecular formula is C24H35N3O3S. The first-order chi connectivity index (χ1) is 14.9. The van der Waals surface area contributed by atoms with E-state index in [1.165, 1.54) is 9.87 Å². The number of carbonyl (C=O) groups is 1.